The molecule has 184 valence electrons. The first-order chi connectivity index (χ1) is 17.0. The summed E-state index contributed by atoms with van der Waals surface area (Å²) in [5, 5.41) is 16.3. The van der Waals surface area contributed by atoms with E-state index in [9.17, 15) is 4.79 Å². The largest absolute Gasteiger partial charge is 0.321 e. The number of thiophene rings is 1. The Morgan fingerprint density at radius 3 is 2.77 bits per heavy atom. The molecule has 0 aliphatic heterocycles. The van der Waals surface area contributed by atoms with Gasteiger partial charge in [0.05, 0.1) is 17.6 Å². The van der Waals surface area contributed by atoms with Gasteiger partial charge in [-0.1, -0.05) is 43.9 Å². The maximum atomic E-state index is 13.2. The molecular weight excluding hydrogens is 456 g/mol. The maximum absolute atomic E-state index is 13.2. The van der Waals surface area contributed by atoms with E-state index in [0.717, 1.165) is 60.1 Å². The fraction of sp³-hybridized carbons (Fsp3) is 0.481. The number of nitrogens with one attached hydrogen (secondary N) is 1. The molecule has 1 saturated carbocycles. The Kier molecular flexibility index (Phi) is 7.11. The smallest absolute Gasteiger partial charge is 0.252 e. The number of benzene rings is 1. The van der Waals surface area contributed by atoms with Gasteiger partial charge in [-0.15, -0.1) is 16.4 Å². The van der Waals surface area contributed by atoms with Crippen LogP contribution in [0.4, 0.5) is 0 Å². The zero-order valence-corrected chi connectivity index (χ0v) is 21.6. The molecule has 7 nitrogen and oxygen atoms in total. The number of hydrogen-bond acceptors (Lipinski definition) is 6. The molecule has 1 fully saturated rings. The van der Waals surface area contributed by atoms with E-state index in [2.05, 4.69) is 79.7 Å². The van der Waals surface area contributed by atoms with Gasteiger partial charge in [0, 0.05) is 23.5 Å². The third-order valence-corrected chi connectivity index (χ3v) is 8.03. The summed E-state index contributed by atoms with van der Waals surface area (Å²) in [6, 6.07) is 11.0. The average Bonchev–Trinajstić information content (AvgIpc) is 3.60. The van der Waals surface area contributed by atoms with E-state index in [0.29, 0.717) is 12.6 Å². The zero-order valence-electron chi connectivity index (χ0n) is 20.8. The van der Waals surface area contributed by atoms with Gasteiger partial charge in [0.25, 0.3) is 5.56 Å². The maximum Gasteiger partial charge on any atom is 0.252 e. The number of nitrogens with zero attached hydrogens (tertiary/aromatic N) is 5. The number of aromatic amines is 1. The number of H-pyrrole nitrogens is 1. The van der Waals surface area contributed by atoms with Gasteiger partial charge in [-0.3, -0.25) is 9.69 Å². The normalized spacial score (nSPS) is 15.4. The van der Waals surface area contributed by atoms with Crippen LogP contribution in [-0.2, 0) is 13.1 Å². The van der Waals surface area contributed by atoms with Gasteiger partial charge in [0.15, 0.2) is 5.82 Å². The van der Waals surface area contributed by atoms with E-state index >= 15 is 0 Å². The fourth-order valence-corrected chi connectivity index (χ4v) is 6.25. The van der Waals surface area contributed by atoms with Crippen LogP contribution in [0.5, 0.6) is 0 Å². The molecular formula is C27H34N6OS. The van der Waals surface area contributed by atoms with Crippen molar-refractivity contribution in [3.63, 3.8) is 0 Å². The van der Waals surface area contributed by atoms with E-state index in [-0.39, 0.29) is 11.6 Å². The van der Waals surface area contributed by atoms with Crippen molar-refractivity contribution in [1.29, 1.82) is 0 Å². The highest BCUT2D eigenvalue weighted by atomic mass is 32.1. The van der Waals surface area contributed by atoms with Crippen LogP contribution in [0.2, 0.25) is 0 Å². The van der Waals surface area contributed by atoms with Gasteiger partial charge in [0.2, 0.25) is 0 Å². The lowest BCUT2D eigenvalue weighted by molar-refractivity contribution is 0.154. The topological polar surface area (TPSA) is 79.7 Å². The van der Waals surface area contributed by atoms with Gasteiger partial charge < -0.3 is 4.98 Å². The summed E-state index contributed by atoms with van der Waals surface area (Å²) in [5.41, 5.74) is 3.97. The van der Waals surface area contributed by atoms with E-state index in [4.69, 9.17) is 0 Å². The van der Waals surface area contributed by atoms with Crippen LogP contribution in [0, 0.1) is 13.8 Å². The molecule has 3 aromatic heterocycles. The molecule has 3 heterocycles. The summed E-state index contributed by atoms with van der Waals surface area (Å²) in [6.07, 6.45) is 6.66. The lowest BCUT2D eigenvalue weighted by Gasteiger charge is -2.31. The minimum atomic E-state index is -0.0220. The van der Waals surface area contributed by atoms with Crippen molar-refractivity contribution in [3.05, 3.63) is 73.5 Å². The van der Waals surface area contributed by atoms with Crippen LogP contribution in [0.15, 0.2) is 40.5 Å². The van der Waals surface area contributed by atoms with Crippen LogP contribution in [-0.4, -0.2) is 30.1 Å². The lowest BCUT2D eigenvalue weighted by atomic mass is 10.0. The quantitative estimate of drug-likeness (QED) is 0.318. The lowest BCUT2D eigenvalue weighted by Crippen LogP contribution is -2.33. The number of rotatable bonds is 9. The summed E-state index contributed by atoms with van der Waals surface area (Å²) < 4.78 is 2.08. The Hall–Kier alpha value is -2.84. The van der Waals surface area contributed by atoms with Crippen LogP contribution < -0.4 is 5.56 Å². The molecule has 1 atom stereocenters. The summed E-state index contributed by atoms with van der Waals surface area (Å²) in [4.78, 5) is 20.0. The predicted octanol–water partition coefficient (Wildman–Crippen LogP) is 5.85. The van der Waals surface area contributed by atoms with Crippen molar-refractivity contribution >= 4 is 22.2 Å². The fourth-order valence-electron chi connectivity index (χ4n) is 5.52. The van der Waals surface area contributed by atoms with Crippen molar-refractivity contribution in [2.45, 2.75) is 84.5 Å². The summed E-state index contributed by atoms with van der Waals surface area (Å²) >= 11 is 1.75. The minimum Gasteiger partial charge on any atom is -0.321 e. The van der Waals surface area contributed by atoms with Crippen LogP contribution in [0.25, 0.3) is 10.9 Å². The van der Waals surface area contributed by atoms with Crippen LogP contribution >= 0.6 is 11.3 Å². The van der Waals surface area contributed by atoms with Crippen LogP contribution in [0.1, 0.15) is 84.9 Å². The second-order valence-corrected chi connectivity index (χ2v) is 10.9. The van der Waals surface area contributed by atoms with Gasteiger partial charge in [0.1, 0.15) is 0 Å². The summed E-state index contributed by atoms with van der Waals surface area (Å²) in [6.45, 7) is 7.64. The number of hydrogen-bond donors (Lipinski definition) is 1. The number of tetrazole rings is 1. The predicted molar refractivity (Wildman–Crippen MR) is 141 cm³/mol. The molecule has 1 aromatic carbocycles. The van der Waals surface area contributed by atoms with Crippen molar-refractivity contribution in [2.24, 2.45) is 0 Å². The number of aromatic nitrogens is 5. The van der Waals surface area contributed by atoms with Gasteiger partial charge in [-0.2, -0.15) is 0 Å². The number of aryl methyl sites for hydroxylation is 2. The molecule has 0 radical (unpaired) electrons. The molecule has 1 aliphatic carbocycles. The van der Waals surface area contributed by atoms with Crippen molar-refractivity contribution in [3.8, 4) is 0 Å². The highest BCUT2D eigenvalue weighted by molar-refractivity contribution is 7.09. The Balaban J connectivity index is 1.55. The Morgan fingerprint density at radius 1 is 1.20 bits per heavy atom. The standard InChI is InChI=1S/C27H34N6OS/c1-4-8-24(26-29-30-31-33(26)22-9-5-6-10-22)32(17-23-11-7-12-35-23)16-21-15-20-14-18(2)13-19(3)25(20)28-27(21)34/h7,11-15,22,24H,4-6,8-10,16-17H2,1-3H3,(H,28,34)/t24-/m0/s1. The Labute approximate surface area is 210 Å². The molecule has 4 aromatic rings. The monoisotopic (exact) mass is 490 g/mol. The molecule has 1 aliphatic rings. The molecule has 0 spiro atoms. The Bertz CT molecular complexity index is 1340. The minimum absolute atomic E-state index is 0.0220. The van der Waals surface area contributed by atoms with E-state index in [1.807, 2.05) is 6.92 Å². The highest BCUT2D eigenvalue weighted by Gasteiger charge is 2.30. The summed E-state index contributed by atoms with van der Waals surface area (Å²) in [7, 11) is 0. The molecule has 5 rings (SSSR count). The molecule has 0 amide bonds. The first-order valence-electron chi connectivity index (χ1n) is 12.7. The number of pyridine rings is 1. The first kappa shape index (κ1) is 23.9. The third-order valence-electron chi connectivity index (χ3n) is 7.17. The third kappa shape index (κ3) is 5.09. The SMILES string of the molecule is CCC[C@@H](c1nnnn1C1CCCC1)N(Cc1cccs1)Cc1cc2cc(C)cc(C)c2[nH]c1=O. The molecule has 1 N–H and O–H groups in total. The average molecular weight is 491 g/mol. The summed E-state index contributed by atoms with van der Waals surface area (Å²) in [5.74, 6) is 0.930. The van der Waals surface area contributed by atoms with Gasteiger partial charge in [-0.05, 0) is 78.1 Å². The molecule has 8 heteroatoms. The van der Waals surface area contributed by atoms with Crippen molar-refractivity contribution in [1.82, 2.24) is 30.1 Å². The first-order valence-corrected chi connectivity index (χ1v) is 13.6. The van der Waals surface area contributed by atoms with Gasteiger partial charge in [-0.25, -0.2) is 4.68 Å². The molecule has 35 heavy (non-hydrogen) atoms. The zero-order chi connectivity index (χ0) is 24.4. The van der Waals surface area contributed by atoms with Crippen molar-refractivity contribution < 1.29 is 0 Å². The van der Waals surface area contributed by atoms with E-state index in [1.54, 1.807) is 11.3 Å². The highest BCUT2D eigenvalue weighted by Crippen LogP contribution is 2.34. The van der Waals surface area contributed by atoms with Crippen LogP contribution in [0.3, 0.4) is 0 Å². The second-order valence-electron chi connectivity index (χ2n) is 9.88. The molecule has 0 unspecified atom stereocenters. The van der Waals surface area contributed by atoms with E-state index in [1.165, 1.54) is 23.3 Å². The number of fused-ring (bicyclic) bond motifs is 1. The van der Waals surface area contributed by atoms with Gasteiger partial charge >= 0.3 is 0 Å². The Morgan fingerprint density at radius 2 is 2.03 bits per heavy atom. The van der Waals surface area contributed by atoms with E-state index < -0.39 is 0 Å². The molecule has 0 saturated heterocycles. The van der Waals surface area contributed by atoms with Crippen molar-refractivity contribution in [2.75, 3.05) is 0 Å². The second kappa shape index (κ2) is 10.4. The molecule has 0 bridgehead atoms.